The highest BCUT2D eigenvalue weighted by Crippen LogP contribution is 2.53. The van der Waals surface area contributed by atoms with Gasteiger partial charge in [0.15, 0.2) is 0 Å². The van der Waals surface area contributed by atoms with Crippen molar-refractivity contribution in [2.24, 2.45) is 23.7 Å². The number of carbonyl (C=O) groups is 2. The quantitative estimate of drug-likeness (QED) is 0.175. The zero-order valence-corrected chi connectivity index (χ0v) is 23.2. The van der Waals surface area contributed by atoms with E-state index in [1.807, 2.05) is 18.2 Å². The van der Waals surface area contributed by atoms with Gasteiger partial charge >= 0.3 is 5.97 Å². The van der Waals surface area contributed by atoms with E-state index in [0.29, 0.717) is 59.2 Å². The topological polar surface area (TPSA) is 87.0 Å². The maximum atomic E-state index is 13.2. The largest absolute Gasteiger partial charge is 0.497 e. The molecule has 7 nitrogen and oxygen atoms in total. The van der Waals surface area contributed by atoms with Crippen LogP contribution < -0.4 is 14.8 Å². The Balaban J connectivity index is 1.37. The zero-order valence-electron chi connectivity index (χ0n) is 22.3. The second kappa shape index (κ2) is 11.5. The fraction of sp³-hybridized carbons (Fsp3) is 0.533. The van der Waals surface area contributed by atoms with Crippen molar-refractivity contribution in [2.45, 2.75) is 57.9 Å². The number of hydrogen-bond donors (Lipinski definition) is 2. The molecule has 0 spiro atoms. The molecule has 0 atom stereocenters. The van der Waals surface area contributed by atoms with Crippen LogP contribution in [0.15, 0.2) is 33.6 Å². The van der Waals surface area contributed by atoms with Crippen LogP contribution >= 0.6 is 12.6 Å². The third-order valence-corrected chi connectivity index (χ3v) is 8.73. The average Bonchev–Trinajstić information content (AvgIpc) is 3.30. The van der Waals surface area contributed by atoms with E-state index in [0.717, 1.165) is 23.0 Å². The number of thiol groups is 1. The predicted octanol–water partition coefficient (Wildman–Crippen LogP) is 5.67. The summed E-state index contributed by atoms with van der Waals surface area (Å²) in [6.07, 6.45) is 9.28. The molecule has 1 aromatic carbocycles. The molecular weight excluding hydrogens is 502 g/mol. The van der Waals surface area contributed by atoms with Gasteiger partial charge in [-0.25, -0.2) is 0 Å². The molecular formula is C30H37NO6S. The van der Waals surface area contributed by atoms with Crippen LogP contribution in [0.3, 0.4) is 0 Å². The van der Waals surface area contributed by atoms with Crippen LogP contribution in [-0.2, 0) is 20.7 Å². The van der Waals surface area contributed by atoms with Gasteiger partial charge in [-0.1, -0.05) is 0 Å². The van der Waals surface area contributed by atoms with Gasteiger partial charge in [0.1, 0.15) is 23.0 Å². The van der Waals surface area contributed by atoms with Crippen LogP contribution in [0.5, 0.6) is 11.5 Å². The summed E-state index contributed by atoms with van der Waals surface area (Å²) in [6.45, 7) is 1.71. The first-order chi connectivity index (χ1) is 18.3. The van der Waals surface area contributed by atoms with Crippen molar-refractivity contribution in [3.63, 3.8) is 0 Å². The number of esters is 1. The Morgan fingerprint density at radius 2 is 1.63 bits per heavy atom. The van der Waals surface area contributed by atoms with Crippen LogP contribution in [0.25, 0.3) is 17.4 Å². The van der Waals surface area contributed by atoms with Crippen molar-refractivity contribution in [3.05, 3.63) is 40.5 Å². The normalized spacial score (nSPS) is 25.8. The predicted molar refractivity (Wildman–Crippen MR) is 148 cm³/mol. The van der Waals surface area contributed by atoms with E-state index in [-0.39, 0.29) is 17.9 Å². The third-order valence-electron chi connectivity index (χ3n) is 8.40. The highest BCUT2D eigenvalue weighted by atomic mass is 32.1. The number of rotatable bonds is 10. The Morgan fingerprint density at radius 3 is 2.21 bits per heavy atom. The molecule has 1 aromatic heterocycles. The van der Waals surface area contributed by atoms with Crippen molar-refractivity contribution in [1.29, 1.82) is 0 Å². The number of amides is 1. The number of nitrogens with one attached hydrogen (secondary N) is 1. The molecule has 4 saturated carbocycles. The smallest absolute Gasteiger partial charge is 0.302 e. The number of benzene rings is 1. The van der Waals surface area contributed by atoms with Gasteiger partial charge in [0.25, 0.3) is 5.91 Å². The van der Waals surface area contributed by atoms with Gasteiger partial charge in [0.05, 0.1) is 25.7 Å². The SMILES string of the molecule is COc1cc(OC)cc(-c2cc(CCCOC(C)=O)c(/C=C(\S)C(=O)NC3C4CC5CC(C4)CC3C5)o2)c1. The van der Waals surface area contributed by atoms with Crippen molar-refractivity contribution in [2.75, 3.05) is 20.8 Å². The van der Waals surface area contributed by atoms with Gasteiger partial charge in [0, 0.05) is 24.6 Å². The lowest BCUT2D eigenvalue weighted by molar-refractivity contribution is -0.141. The van der Waals surface area contributed by atoms with E-state index in [9.17, 15) is 9.59 Å². The zero-order chi connectivity index (χ0) is 26.8. The van der Waals surface area contributed by atoms with Gasteiger partial charge < -0.3 is 23.9 Å². The van der Waals surface area contributed by atoms with Crippen LogP contribution in [0, 0.1) is 23.7 Å². The molecule has 4 bridgehead atoms. The molecule has 1 amide bonds. The van der Waals surface area contributed by atoms with Gasteiger partial charge in [-0.05, 0) is 98.5 Å². The standard InChI is InChI=1S/C30H37NO6S/c1-17(32)36-6-4-5-20-14-26(21-12-24(34-2)15-25(13-21)35-3)37-27(20)16-28(38)30(33)31-29-22-8-18-7-19(10-22)11-23(29)9-18/h12-16,18-19,22-23,29,38H,4-11H2,1-3H3,(H,31,33)/b28-16-. The van der Waals surface area contributed by atoms with Gasteiger partial charge in [-0.2, -0.15) is 0 Å². The van der Waals surface area contributed by atoms with Crippen LogP contribution in [0.4, 0.5) is 0 Å². The molecule has 4 aliphatic carbocycles. The molecule has 4 aliphatic rings. The summed E-state index contributed by atoms with van der Waals surface area (Å²) in [7, 11) is 3.20. The molecule has 0 radical (unpaired) electrons. The summed E-state index contributed by atoms with van der Waals surface area (Å²) in [4.78, 5) is 24.7. The molecule has 6 rings (SSSR count). The van der Waals surface area contributed by atoms with Gasteiger partial charge in [0.2, 0.25) is 0 Å². The molecule has 0 aliphatic heterocycles. The Labute approximate surface area is 229 Å². The summed E-state index contributed by atoms with van der Waals surface area (Å²) < 4.78 is 22.2. The molecule has 2 aromatic rings. The van der Waals surface area contributed by atoms with E-state index in [1.54, 1.807) is 26.4 Å². The monoisotopic (exact) mass is 539 g/mol. The first-order valence-corrected chi connectivity index (χ1v) is 14.0. The number of carbonyl (C=O) groups excluding carboxylic acids is 2. The summed E-state index contributed by atoms with van der Waals surface area (Å²) in [6, 6.07) is 7.74. The van der Waals surface area contributed by atoms with Crippen molar-refractivity contribution >= 4 is 30.6 Å². The Kier molecular flexibility index (Phi) is 8.07. The molecule has 38 heavy (non-hydrogen) atoms. The van der Waals surface area contributed by atoms with Crippen LogP contribution in [0.2, 0.25) is 0 Å². The van der Waals surface area contributed by atoms with Crippen molar-refractivity contribution < 1.29 is 28.2 Å². The van der Waals surface area contributed by atoms with E-state index in [2.05, 4.69) is 17.9 Å². The average molecular weight is 540 g/mol. The highest BCUT2D eigenvalue weighted by molar-refractivity contribution is 7.85. The number of ether oxygens (including phenoxy) is 3. The minimum Gasteiger partial charge on any atom is -0.497 e. The third kappa shape index (κ3) is 5.90. The Bertz CT molecular complexity index is 1170. The molecule has 4 fully saturated rings. The number of methoxy groups -OCH3 is 2. The van der Waals surface area contributed by atoms with E-state index < -0.39 is 0 Å². The molecule has 8 heteroatoms. The van der Waals surface area contributed by atoms with Gasteiger partial charge in [-0.3, -0.25) is 9.59 Å². The number of furan rings is 1. The lowest BCUT2D eigenvalue weighted by Gasteiger charge is -2.54. The molecule has 1 heterocycles. The Hall–Kier alpha value is -2.87. The van der Waals surface area contributed by atoms with Crippen LogP contribution in [-0.4, -0.2) is 38.7 Å². The molecule has 204 valence electrons. The fourth-order valence-corrected chi connectivity index (χ4v) is 7.09. The first kappa shape index (κ1) is 26.7. The minimum absolute atomic E-state index is 0.155. The lowest BCUT2D eigenvalue weighted by atomic mass is 9.54. The van der Waals surface area contributed by atoms with E-state index in [1.165, 1.54) is 39.0 Å². The molecule has 0 saturated heterocycles. The summed E-state index contributed by atoms with van der Waals surface area (Å²) in [5.74, 6) is 4.90. The summed E-state index contributed by atoms with van der Waals surface area (Å²) in [5, 5.41) is 3.32. The van der Waals surface area contributed by atoms with Crippen molar-refractivity contribution in [3.8, 4) is 22.8 Å². The number of hydrogen-bond acceptors (Lipinski definition) is 7. The molecule has 0 unspecified atom stereocenters. The molecule has 1 N–H and O–H groups in total. The first-order valence-electron chi connectivity index (χ1n) is 13.5. The highest BCUT2D eigenvalue weighted by Gasteiger charge is 2.48. The second-order valence-electron chi connectivity index (χ2n) is 11.0. The fourth-order valence-electron chi connectivity index (χ4n) is 6.91. The maximum absolute atomic E-state index is 13.2. The Morgan fingerprint density at radius 1 is 1.00 bits per heavy atom. The van der Waals surface area contributed by atoms with E-state index in [4.69, 9.17) is 18.6 Å². The summed E-state index contributed by atoms with van der Waals surface area (Å²) in [5.41, 5.74) is 1.70. The second-order valence-corrected chi connectivity index (χ2v) is 11.5. The lowest BCUT2D eigenvalue weighted by Crippen LogP contribution is -2.55. The maximum Gasteiger partial charge on any atom is 0.302 e. The van der Waals surface area contributed by atoms with E-state index >= 15 is 0 Å². The number of aryl methyl sites for hydroxylation is 1. The van der Waals surface area contributed by atoms with Crippen LogP contribution in [0.1, 0.15) is 56.8 Å². The summed E-state index contributed by atoms with van der Waals surface area (Å²) >= 11 is 4.59. The van der Waals surface area contributed by atoms with Crippen molar-refractivity contribution in [1.82, 2.24) is 5.32 Å². The van der Waals surface area contributed by atoms with Gasteiger partial charge in [-0.15, -0.1) is 12.6 Å². The minimum atomic E-state index is -0.305.